The molecule has 0 aliphatic carbocycles. The first-order chi connectivity index (χ1) is 12.0. The highest BCUT2D eigenvalue weighted by Crippen LogP contribution is 2.45. The van der Waals surface area contributed by atoms with Crippen molar-refractivity contribution in [3.8, 4) is 5.75 Å². The summed E-state index contributed by atoms with van der Waals surface area (Å²) in [7, 11) is 0. The third-order valence-corrected chi connectivity index (χ3v) is 5.25. The number of aliphatic carboxylic acids is 1. The quantitative estimate of drug-likeness (QED) is 0.850. The lowest BCUT2D eigenvalue weighted by atomic mass is 10.0. The first kappa shape index (κ1) is 19.2. The van der Waals surface area contributed by atoms with Gasteiger partial charge < -0.3 is 20.1 Å². The molecule has 1 aliphatic rings. The molecule has 1 atom stereocenters. The normalized spacial score (nSPS) is 15.9. The van der Waals surface area contributed by atoms with Crippen LogP contribution < -0.4 is 10.5 Å². The maximum Gasteiger partial charge on any atom is 0.341 e. The van der Waals surface area contributed by atoms with Crippen LogP contribution in [-0.4, -0.2) is 33.9 Å². The monoisotopic (exact) mass is 364 g/mol. The predicted octanol–water partition coefficient (Wildman–Crippen LogP) is 2.97. The van der Waals surface area contributed by atoms with Crippen molar-refractivity contribution < 1.29 is 19.4 Å². The minimum Gasteiger partial charge on any atom is -0.481 e. The van der Waals surface area contributed by atoms with Crippen molar-refractivity contribution in [3.05, 3.63) is 29.5 Å². The number of carboxylic acids is 1. The summed E-state index contributed by atoms with van der Waals surface area (Å²) < 4.78 is 7.62. The Hall–Kier alpha value is -2.15. The molecule has 2 aromatic rings. The molecule has 3 N–H and O–H groups in total. The number of primary amides is 1. The van der Waals surface area contributed by atoms with Gasteiger partial charge in [0.15, 0.2) is 6.61 Å². The van der Waals surface area contributed by atoms with Gasteiger partial charge in [0.25, 0.3) is 0 Å². The van der Waals surface area contributed by atoms with Crippen LogP contribution >= 0.6 is 11.8 Å². The summed E-state index contributed by atoms with van der Waals surface area (Å²) >= 11 is 1.53. The van der Waals surface area contributed by atoms with Crippen LogP contribution in [0.4, 0.5) is 0 Å². The van der Waals surface area contributed by atoms with Gasteiger partial charge in [-0.3, -0.25) is 4.79 Å². The van der Waals surface area contributed by atoms with Crippen molar-refractivity contribution >= 4 is 34.5 Å². The molecule has 0 saturated heterocycles. The topological polar surface area (TPSA) is 94.6 Å². The van der Waals surface area contributed by atoms with E-state index in [4.69, 9.17) is 15.6 Å². The average molecular weight is 364 g/mol. The number of aryl methyl sites for hydroxylation is 1. The Balaban J connectivity index is 0.00000109. The number of carbonyl (C=O) groups is 2. The number of amides is 1. The summed E-state index contributed by atoms with van der Waals surface area (Å²) in [5.41, 5.74) is 8.52. The standard InChI is InChI=1S/C16H18N2O4S.C2H6/c1-2-18-9-4-3-5-11(22-8-12(19)20)13(9)14-10(18)6-7-23-15(14)16(17)21;1-2/h3-5,15H,2,6-8H2,1H3,(H2,17,21)(H,19,20);1-2H3. The Morgan fingerprint density at radius 2 is 2.12 bits per heavy atom. The number of nitrogens with zero attached hydrogens (tertiary/aromatic N) is 1. The lowest BCUT2D eigenvalue weighted by Crippen LogP contribution is -2.23. The van der Waals surface area contributed by atoms with Gasteiger partial charge >= 0.3 is 5.97 Å². The highest BCUT2D eigenvalue weighted by molar-refractivity contribution is 8.00. The summed E-state index contributed by atoms with van der Waals surface area (Å²) in [6, 6.07) is 5.54. The van der Waals surface area contributed by atoms with Crippen LogP contribution in [0.5, 0.6) is 5.75 Å². The van der Waals surface area contributed by atoms with Gasteiger partial charge in [-0.2, -0.15) is 0 Å². The first-order valence-corrected chi connectivity index (χ1v) is 9.49. The van der Waals surface area contributed by atoms with E-state index in [0.717, 1.165) is 40.9 Å². The predicted molar refractivity (Wildman–Crippen MR) is 100 cm³/mol. The van der Waals surface area contributed by atoms with E-state index in [0.29, 0.717) is 5.75 Å². The highest BCUT2D eigenvalue weighted by atomic mass is 32.2. The molecular weight excluding hydrogens is 340 g/mol. The van der Waals surface area contributed by atoms with Gasteiger partial charge in [0.1, 0.15) is 11.0 Å². The van der Waals surface area contributed by atoms with Crippen molar-refractivity contribution in [2.45, 2.75) is 39.0 Å². The lowest BCUT2D eigenvalue weighted by Gasteiger charge is -2.21. The number of nitrogens with two attached hydrogens (primary N) is 1. The molecule has 136 valence electrons. The number of rotatable bonds is 5. The summed E-state index contributed by atoms with van der Waals surface area (Å²) in [6.07, 6.45) is 0.852. The molecule has 25 heavy (non-hydrogen) atoms. The van der Waals surface area contributed by atoms with Crippen LogP contribution in [-0.2, 0) is 22.6 Å². The molecule has 1 aromatic heterocycles. The summed E-state index contributed by atoms with van der Waals surface area (Å²) in [6.45, 7) is 6.40. The zero-order valence-corrected chi connectivity index (χ0v) is 15.6. The van der Waals surface area contributed by atoms with Crippen LogP contribution in [0.1, 0.15) is 37.3 Å². The highest BCUT2D eigenvalue weighted by Gasteiger charge is 2.32. The minimum absolute atomic E-state index is 0.376. The third-order valence-electron chi connectivity index (χ3n) is 4.01. The zero-order valence-electron chi connectivity index (χ0n) is 14.7. The Bertz CT molecular complexity index is 785. The molecule has 1 aromatic carbocycles. The van der Waals surface area contributed by atoms with Crippen molar-refractivity contribution in [2.24, 2.45) is 5.73 Å². The maximum absolute atomic E-state index is 11.9. The van der Waals surface area contributed by atoms with Crippen LogP contribution in [0.3, 0.4) is 0 Å². The Morgan fingerprint density at radius 3 is 2.72 bits per heavy atom. The van der Waals surface area contributed by atoms with E-state index in [1.165, 1.54) is 11.8 Å². The summed E-state index contributed by atoms with van der Waals surface area (Å²) in [5.74, 6) is -0.0877. The fourth-order valence-electron chi connectivity index (χ4n) is 3.20. The number of benzene rings is 1. The van der Waals surface area contributed by atoms with Gasteiger partial charge in [-0.15, -0.1) is 11.8 Å². The molecule has 0 fully saturated rings. The second-order valence-corrected chi connectivity index (χ2v) is 6.55. The number of carboxylic acid groups (broad SMARTS) is 1. The summed E-state index contributed by atoms with van der Waals surface area (Å²) in [5, 5.41) is 9.25. The molecule has 6 nitrogen and oxygen atoms in total. The van der Waals surface area contributed by atoms with Crippen LogP contribution in [0.25, 0.3) is 10.9 Å². The van der Waals surface area contributed by atoms with Crippen molar-refractivity contribution in [2.75, 3.05) is 12.4 Å². The minimum atomic E-state index is -1.04. The molecule has 1 amide bonds. The van der Waals surface area contributed by atoms with E-state index in [-0.39, 0.29) is 5.91 Å². The number of fused-ring (bicyclic) bond motifs is 3. The molecule has 0 radical (unpaired) electrons. The fraction of sp³-hybridized carbons (Fsp3) is 0.444. The number of ether oxygens (including phenoxy) is 1. The van der Waals surface area contributed by atoms with E-state index in [1.807, 2.05) is 32.9 Å². The number of aromatic nitrogens is 1. The molecule has 3 rings (SSSR count). The zero-order chi connectivity index (χ0) is 18.6. The Kier molecular flexibility index (Phi) is 6.36. The van der Waals surface area contributed by atoms with Gasteiger partial charge in [0, 0.05) is 23.2 Å². The van der Waals surface area contributed by atoms with Gasteiger partial charge in [0.05, 0.1) is 5.52 Å². The van der Waals surface area contributed by atoms with Gasteiger partial charge in [-0.25, -0.2) is 4.79 Å². The number of hydrogen-bond donors (Lipinski definition) is 2. The van der Waals surface area contributed by atoms with Crippen molar-refractivity contribution in [1.82, 2.24) is 4.57 Å². The summed E-state index contributed by atoms with van der Waals surface area (Å²) in [4.78, 5) is 22.7. The first-order valence-electron chi connectivity index (χ1n) is 8.44. The van der Waals surface area contributed by atoms with E-state index in [9.17, 15) is 9.59 Å². The van der Waals surface area contributed by atoms with Crippen LogP contribution in [0, 0.1) is 0 Å². The molecule has 0 saturated carbocycles. The van der Waals surface area contributed by atoms with Gasteiger partial charge in [0.2, 0.25) is 5.91 Å². The SMILES string of the molecule is CC.CCn1c2c(c3c(OCC(=O)O)cccc31)C(C(N)=O)SCC2. The van der Waals surface area contributed by atoms with E-state index < -0.39 is 17.8 Å². The Morgan fingerprint density at radius 1 is 1.40 bits per heavy atom. The van der Waals surface area contributed by atoms with Crippen LogP contribution in [0.2, 0.25) is 0 Å². The Labute approximate surface area is 151 Å². The lowest BCUT2D eigenvalue weighted by molar-refractivity contribution is -0.139. The van der Waals surface area contributed by atoms with Crippen molar-refractivity contribution in [3.63, 3.8) is 0 Å². The second kappa shape index (κ2) is 8.29. The van der Waals surface area contributed by atoms with E-state index >= 15 is 0 Å². The molecule has 1 aliphatic heterocycles. The largest absolute Gasteiger partial charge is 0.481 e. The molecule has 7 heteroatoms. The third kappa shape index (κ3) is 3.61. The fourth-order valence-corrected chi connectivity index (χ4v) is 4.34. The van der Waals surface area contributed by atoms with Gasteiger partial charge in [-0.1, -0.05) is 19.9 Å². The van der Waals surface area contributed by atoms with Gasteiger partial charge in [-0.05, 0) is 31.2 Å². The van der Waals surface area contributed by atoms with Crippen molar-refractivity contribution in [1.29, 1.82) is 0 Å². The smallest absolute Gasteiger partial charge is 0.341 e. The second-order valence-electron chi connectivity index (χ2n) is 5.34. The average Bonchev–Trinajstić information content (AvgIpc) is 2.95. The number of thioether (sulfide) groups is 1. The molecule has 0 spiro atoms. The molecule has 0 bridgehead atoms. The van der Waals surface area contributed by atoms with E-state index in [1.54, 1.807) is 6.07 Å². The van der Waals surface area contributed by atoms with E-state index in [2.05, 4.69) is 4.57 Å². The molecule has 2 heterocycles. The number of carbonyl (C=O) groups excluding carboxylic acids is 1. The maximum atomic E-state index is 11.9. The van der Waals surface area contributed by atoms with Crippen LogP contribution in [0.15, 0.2) is 18.2 Å². The molecule has 1 unspecified atom stereocenters. The molecular formula is C18H24N2O4S. The number of hydrogen-bond acceptors (Lipinski definition) is 4.